The van der Waals surface area contributed by atoms with Crippen LogP contribution in [0.5, 0.6) is 5.75 Å². The number of amides is 1. The van der Waals surface area contributed by atoms with Crippen LogP contribution in [0.4, 0.5) is 0 Å². The SMILES string of the molecule is CC(C)CNC(=O)c1cccc(COc2ccc3ccccc3c2)c1. The Morgan fingerprint density at radius 3 is 2.56 bits per heavy atom. The maximum atomic E-state index is 12.2. The zero-order chi connectivity index (χ0) is 17.6. The van der Waals surface area contributed by atoms with E-state index in [0.717, 1.165) is 16.7 Å². The van der Waals surface area contributed by atoms with Crippen molar-refractivity contribution in [1.29, 1.82) is 0 Å². The lowest BCUT2D eigenvalue weighted by Crippen LogP contribution is -2.27. The van der Waals surface area contributed by atoms with Crippen LogP contribution in [-0.2, 0) is 6.61 Å². The lowest BCUT2D eigenvalue weighted by atomic mass is 10.1. The summed E-state index contributed by atoms with van der Waals surface area (Å²) in [5.41, 5.74) is 1.64. The molecule has 0 unspecified atom stereocenters. The number of hydrogen-bond donors (Lipinski definition) is 1. The first kappa shape index (κ1) is 17.0. The van der Waals surface area contributed by atoms with Crippen molar-refractivity contribution < 1.29 is 9.53 Å². The van der Waals surface area contributed by atoms with Gasteiger partial charge in [0.1, 0.15) is 12.4 Å². The molecule has 0 spiro atoms. The van der Waals surface area contributed by atoms with Gasteiger partial charge in [-0.25, -0.2) is 0 Å². The van der Waals surface area contributed by atoms with E-state index < -0.39 is 0 Å². The second kappa shape index (κ2) is 7.84. The maximum absolute atomic E-state index is 12.2. The maximum Gasteiger partial charge on any atom is 0.251 e. The highest BCUT2D eigenvalue weighted by atomic mass is 16.5. The highest BCUT2D eigenvalue weighted by Gasteiger charge is 2.07. The molecule has 1 amide bonds. The molecule has 0 aliphatic heterocycles. The van der Waals surface area contributed by atoms with Crippen LogP contribution in [0.15, 0.2) is 66.7 Å². The van der Waals surface area contributed by atoms with Gasteiger partial charge in [-0.2, -0.15) is 0 Å². The summed E-state index contributed by atoms with van der Waals surface area (Å²) in [4.78, 5) is 12.2. The van der Waals surface area contributed by atoms with E-state index in [-0.39, 0.29) is 5.91 Å². The van der Waals surface area contributed by atoms with Crippen LogP contribution >= 0.6 is 0 Å². The lowest BCUT2D eigenvalue weighted by Gasteiger charge is -2.10. The first-order valence-electron chi connectivity index (χ1n) is 8.60. The molecule has 0 saturated carbocycles. The molecule has 0 bridgehead atoms. The standard InChI is InChI=1S/C22H23NO2/c1-16(2)14-23-22(24)20-9-5-6-17(12-20)15-25-21-11-10-18-7-3-4-8-19(18)13-21/h3-13,16H,14-15H2,1-2H3,(H,23,24). The minimum atomic E-state index is -0.0405. The van der Waals surface area contributed by atoms with Crippen molar-refractivity contribution in [3.63, 3.8) is 0 Å². The molecule has 0 fully saturated rings. The van der Waals surface area contributed by atoms with Crippen molar-refractivity contribution in [3.8, 4) is 5.75 Å². The topological polar surface area (TPSA) is 38.3 Å². The van der Waals surface area contributed by atoms with E-state index in [1.54, 1.807) is 0 Å². The van der Waals surface area contributed by atoms with Crippen LogP contribution < -0.4 is 10.1 Å². The molecule has 0 saturated heterocycles. The zero-order valence-corrected chi connectivity index (χ0v) is 14.7. The third-order valence-corrected chi connectivity index (χ3v) is 3.99. The molecule has 128 valence electrons. The van der Waals surface area contributed by atoms with Gasteiger partial charge in [0.25, 0.3) is 5.91 Å². The quantitative estimate of drug-likeness (QED) is 0.703. The van der Waals surface area contributed by atoms with Gasteiger partial charge < -0.3 is 10.1 Å². The summed E-state index contributed by atoms with van der Waals surface area (Å²) in [7, 11) is 0. The molecule has 3 nitrogen and oxygen atoms in total. The van der Waals surface area contributed by atoms with Gasteiger partial charge in [-0.1, -0.05) is 56.3 Å². The number of hydrogen-bond acceptors (Lipinski definition) is 2. The van der Waals surface area contributed by atoms with Crippen molar-refractivity contribution >= 4 is 16.7 Å². The highest BCUT2D eigenvalue weighted by Crippen LogP contribution is 2.21. The molecular formula is C22H23NO2. The Labute approximate surface area is 148 Å². The van der Waals surface area contributed by atoms with Crippen molar-refractivity contribution in [2.45, 2.75) is 20.5 Å². The Morgan fingerprint density at radius 2 is 1.76 bits per heavy atom. The summed E-state index contributed by atoms with van der Waals surface area (Å²) in [5, 5.41) is 5.29. The molecule has 0 heterocycles. The molecule has 0 aliphatic rings. The summed E-state index contributed by atoms with van der Waals surface area (Å²) >= 11 is 0. The third kappa shape index (κ3) is 4.60. The second-order valence-corrected chi connectivity index (χ2v) is 6.60. The molecular weight excluding hydrogens is 310 g/mol. The number of ether oxygens (including phenoxy) is 1. The Hall–Kier alpha value is -2.81. The van der Waals surface area contributed by atoms with Gasteiger partial charge >= 0.3 is 0 Å². The minimum absolute atomic E-state index is 0.0405. The van der Waals surface area contributed by atoms with Crippen LogP contribution in [0, 0.1) is 5.92 Å². The number of carbonyl (C=O) groups is 1. The van der Waals surface area contributed by atoms with Gasteiger partial charge in [0.15, 0.2) is 0 Å². The normalized spacial score (nSPS) is 10.8. The van der Waals surface area contributed by atoms with E-state index in [1.807, 2.05) is 48.5 Å². The van der Waals surface area contributed by atoms with Crippen molar-refractivity contribution in [2.75, 3.05) is 6.54 Å². The molecule has 3 rings (SSSR count). The van der Waals surface area contributed by atoms with Gasteiger partial charge in [0.2, 0.25) is 0 Å². The Balaban J connectivity index is 1.66. The number of benzene rings is 3. The fraction of sp³-hybridized carbons (Fsp3) is 0.227. The number of rotatable bonds is 6. The smallest absolute Gasteiger partial charge is 0.251 e. The Bertz CT molecular complexity index is 871. The van der Waals surface area contributed by atoms with E-state index in [9.17, 15) is 4.79 Å². The minimum Gasteiger partial charge on any atom is -0.489 e. The second-order valence-electron chi connectivity index (χ2n) is 6.60. The fourth-order valence-corrected chi connectivity index (χ4v) is 2.63. The summed E-state index contributed by atoms with van der Waals surface area (Å²) in [6.45, 7) is 5.27. The third-order valence-electron chi connectivity index (χ3n) is 3.99. The van der Waals surface area contributed by atoms with Gasteiger partial charge in [0.05, 0.1) is 0 Å². The highest BCUT2D eigenvalue weighted by molar-refractivity contribution is 5.94. The molecule has 3 aromatic carbocycles. The van der Waals surface area contributed by atoms with Crippen LogP contribution in [0.2, 0.25) is 0 Å². The van der Waals surface area contributed by atoms with Gasteiger partial charge in [0, 0.05) is 12.1 Å². The molecule has 3 heteroatoms. The Morgan fingerprint density at radius 1 is 0.960 bits per heavy atom. The summed E-state index contributed by atoms with van der Waals surface area (Å²) in [6.07, 6.45) is 0. The predicted octanol–water partition coefficient (Wildman–Crippen LogP) is 4.80. The molecule has 0 aliphatic carbocycles. The van der Waals surface area contributed by atoms with Gasteiger partial charge in [-0.05, 0) is 46.5 Å². The molecule has 1 N–H and O–H groups in total. The number of fused-ring (bicyclic) bond motifs is 1. The number of carbonyl (C=O) groups excluding carboxylic acids is 1. The van der Waals surface area contributed by atoms with Crippen LogP contribution in [0.25, 0.3) is 10.8 Å². The largest absolute Gasteiger partial charge is 0.489 e. The first-order valence-corrected chi connectivity index (χ1v) is 8.60. The van der Waals surface area contributed by atoms with E-state index in [0.29, 0.717) is 24.6 Å². The van der Waals surface area contributed by atoms with E-state index >= 15 is 0 Å². The van der Waals surface area contributed by atoms with Crippen LogP contribution in [0.1, 0.15) is 29.8 Å². The number of nitrogens with one attached hydrogen (secondary N) is 1. The van der Waals surface area contributed by atoms with E-state index in [2.05, 4.69) is 37.4 Å². The van der Waals surface area contributed by atoms with E-state index in [4.69, 9.17) is 4.74 Å². The molecule has 0 aromatic heterocycles. The molecule has 0 radical (unpaired) electrons. The summed E-state index contributed by atoms with van der Waals surface area (Å²) in [5.74, 6) is 1.22. The molecule has 25 heavy (non-hydrogen) atoms. The molecule has 0 atom stereocenters. The fourth-order valence-electron chi connectivity index (χ4n) is 2.63. The van der Waals surface area contributed by atoms with Crippen molar-refractivity contribution in [3.05, 3.63) is 77.9 Å². The van der Waals surface area contributed by atoms with Crippen LogP contribution in [-0.4, -0.2) is 12.5 Å². The predicted molar refractivity (Wildman–Crippen MR) is 102 cm³/mol. The summed E-state index contributed by atoms with van der Waals surface area (Å²) < 4.78 is 5.90. The average Bonchev–Trinajstić information content (AvgIpc) is 2.64. The lowest BCUT2D eigenvalue weighted by molar-refractivity contribution is 0.0949. The van der Waals surface area contributed by atoms with Crippen molar-refractivity contribution in [1.82, 2.24) is 5.32 Å². The zero-order valence-electron chi connectivity index (χ0n) is 14.7. The van der Waals surface area contributed by atoms with E-state index in [1.165, 1.54) is 5.39 Å². The molecule has 3 aromatic rings. The van der Waals surface area contributed by atoms with Gasteiger partial charge in [-0.15, -0.1) is 0 Å². The van der Waals surface area contributed by atoms with Crippen LogP contribution in [0.3, 0.4) is 0 Å². The monoisotopic (exact) mass is 333 g/mol. The summed E-state index contributed by atoms with van der Waals surface area (Å²) in [6, 6.07) is 21.8. The van der Waals surface area contributed by atoms with Crippen molar-refractivity contribution in [2.24, 2.45) is 5.92 Å². The average molecular weight is 333 g/mol. The van der Waals surface area contributed by atoms with Gasteiger partial charge in [-0.3, -0.25) is 4.79 Å². The first-order chi connectivity index (χ1) is 12.1. The Kier molecular flexibility index (Phi) is 5.34.